The van der Waals surface area contributed by atoms with Crippen LogP contribution in [0.1, 0.15) is 5.56 Å². The largest absolute Gasteiger partial charge is 0.497 e. The molecule has 0 amide bonds. The number of aliphatic hydroxyl groups excluding tert-OH is 1. The van der Waals surface area contributed by atoms with Gasteiger partial charge in [0.2, 0.25) is 0 Å². The number of rotatable bonds is 3. The minimum absolute atomic E-state index is 0.0598. The van der Waals surface area contributed by atoms with Gasteiger partial charge in [-0.25, -0.2) is 4.68 Å². The van der Waals surface area contributed by atoms with E-state index >= 15 is 0 Å². The van der Waals surface area contributed by atoms with Gasteiger partial charge in [0.1, 0.15) is 5.75 Å². The van der Waals surface area contributed by atoms with E-state index in [2.05, 4.69) is 10.1 Å². The Balaban J connectivity index is 1.98. The van der Waals surface area contributed by atoms with Gasteiger partial charge in [-0.05, 0) is 42.0 Å². The second-order valence-corrected chi connectivity index (χ2v) is 5.51. The van der Waals surface area contributed by atoms with Crippen LogP contribution in [-0.4, -0.2) is 27.0 Å². The Morgan fingerprint density at radius 3 is 2.67 bits per heavy atom. The van der Waals surface area contributed by atoms with E-state index in [1.165, 1.54) is 4.68 Å². The van der Waals surface area contributed by atoms with Gasteiger partial charge in [-0.1, -0.05) is 6.07 Å². The highest BCUT2D eigenvalue weighted by Crippen LogP contribution is 2.22. The summed E-state index contributed by atoms with van der Waals surface area (Å²) in [5, 5.41) is 13.8. The second-order valence-electron chi connectivity index (χ2n) is 5.51. The quantitative estimate of drug-likeness (QED) is 0.607. The molecule has 0 bridgehead atoms. The summed E-state index contributed by atoms with van der Waals surface area (Å²) in [7, 11) is 1.60. The SMILES string of the molecule is COc1ccc(-n2[nH]c3c(cnc4ccc(CO)cc43)c2=O)cc1. The third-order valence-electron chi connectivity index (χ3n) is 4.10. The van der Waals surface area contributed by atoms with Crippen LogP contribution >= 0.6 is 0 Å². The number of aliphatic hydroxyl groups is 1. The molecule has 6 heteroatoms. The van der Waals surface area contributed by atoms with E-state index in [0.717, 1.165) is 22.2 Å². The number of nitrogens with zero attached hydrogens (tertiary/aromatic N) is 2. The molecule has 0 spiro atoms. The van der Waals surface area contributed by atoms with E-state index in [1.54, 1.807) is 25.4 Å². The molecule has 0 atom stereocenters. The lowest BCUT2D eigenvalue weighted by Crippen LogP contribution is -2.14. The Morgan fingerprint density at radius 2 is 1.96 bits per heavy atom. The van der Waals surface area contributed by atoms with Crippen molar-refractivity contribution in [3.8, 4) is 11.4 Å². The van der Waals surface area contributed by atoms with Crippen LogP contribution in [0.15, 0.2) is 53.5 Å². The Labute approximate surface area is 136 Å². The predicted octanol–water partition coefficient (Wildman–Crippen LogP) is 2.37. The normalized spacial score (nSPS) is 11.2. The summed E-state index contributed by atoms with van der Waals surface area (Å²) >= 11 is 0. The van der Waals surface area contributed by atoms with E-state index in [4.69, 9.17) is 4.74 Å². The van der Waals surface area contributed by atoms with Crippen molar-refractivity contribution in [1.82, 2.24) is 14.8 Å². The summed E-state index contributed by atoms with van der Waals surface area (Å²) in [5.41, 5.74) is 2.79. The smallest absolute Gasteiger partial charge is 0.280 e. The van der Waals surface area contributed by atoms with Gasteiger partial charge >= 0.3 is 0 Å². The first-order valence-corrected chi connectivity index (χ1v) is 7.49. The van der Waals surface area contributed by atoms with E-state index in [1.807, 2.05) is 30.3 Å². The number of hydrogen-bond acceptors (Lipinski definition) is 4. The molecule has 0 saturated heterocycles. The number of H-pyrrole nitrogens is 1. The molecule has 2 aromatic carbocycles. The predicted molar refractivity (Wildman–Crippen MR) is 91.7 cm³/mol. The molecule has 2 aromatic heterocycles. The second kappa shape index (κ2) is 5.50. The molecule has 0 aliphatic heterocycles. The maximum absolute atomic E-state index is 12.7. The summed E-state index contributed by atoms with van der Waals surface area (Å²) in [6.45, 7) is -0.0598. The van der Waals surface area contributed by atoms with Crippen LogP contribution in [0, 0.1) is 0 Å². The molecule has 24 heavy (non-hydrogen) atoms. The molecule has 2 heterocycles. The van der Waals surface area contributed by atoms with Gasteiger partial charge in [0.25, 0.3) is 5.56 Å². The molecule has 120 valence electrons. The molecule has 0 radical (unpaired) electrons. The number of aromatic amines is 1. The monoisotopic (exact) mass is 321 g/mol. The number of benzene rings is 2. The first kappa shape index (κ1) is 14.5. The lowest BCUT2D eigenvalue weighted by atomic mass is 10.1. The van der Waals surface area contributed by atoms with Crippen molar-refractivity contribution in [3.05, 3.63) is 64.6 Å². The van der Waals surface area contributed by atoms with Crippen molar-refractivity contribution in [1.29, 1.82) is 0 Å². The topological polar surface area (TPSA) is 80.1 Å². The lowest BCUT2D eigenvalue weighted by Gasteiger charge is -2.03. The summed E-state index contributed by atoms with van der Waals surface area (Å²) in [6, 6.07) is 12.7. The maximum atomic E-state index is 12.7. The fourth-order valence-electron chi connectivity index (χ4n) is 2.82. The molecular formula is C18H15N3O3. The Morgan fingerprint density at radius 1 is 1.17 bits per heavy atom. The van der Waals surface area contributed by atoms with Gasteiger partial charge in [0.15, 0.2) is 0 Å². The van der Waals surface area contributed by atoms with Crippen LogP contribution in [0.5, 0.6) is 5.75 Å². The number of hydrogen-bond donors (Lipinski definition) is 2. The van der Waals surface area contributed by atoms with Crippen molar-refractivity contribution in [2.24, 2.45) is 0 Å². The zero-order chi connectivity index (χ0) is 16.7. The minimum Gasteiger partial charge on any atom is -0.497 e. The molecule has 6 nitrogen and oxygen atoms in total. The number of fused-ring (bicyclic) bond motifs is 3. The Kier molecular flexibility index (Phi) is 3.32. The van der Waals surface area contributed by atoms with Crippen LogP contribution in [0.4, 0.5) is 0 Å². The number of methoxy groups -OCH3 is 1. The van der Waals surface area contributed by atoms with E-state index < -0.39 is 0 Å². The Bertz CT molecular complexity index is 1090. The van der Waals surface area contributed by atoms with Crippen LogP contribution in [0.2, 0.25) is 0 Å². The van der Waals surface area contributed by atoms with E-state index in [0.29, 0.717) is 16.6 Å². The van der Waals surface area contributed by atoms with Gasteiger partial charge in [0.05, 0.1) is 35.8 Å². The average molecular weight is 321 g/mol. The third kappa shape index (κ3) is 2.16. The molecule has 4 aromatic rings. The number of nitrogens with one attached hydrogen (secondary N) is 1. The highest BCUT2D eigenvalue weighted by atomic mass is 16.5. The van der Waals surface area contributed by atoms with Crippen molar-refractivity contribution in [2.75, 3.05) is 7.11 Å². The zero-order valence-electron chi connectivity index (χ0n) is 13.0. The summed E-state index contributed by atoms with van der Waals surface area (Å²) in [4.78, 5) is 17.0. The van der Waals surface area contributed by atoms with Gasteiger partial charge in [-0.15, -0.1) is 0 Å². The molecule has 0 aliphatic carbocycles. The number of ether oxygens (including phenoxy) is 1. The third-order valence-corrected chi connectivity index (χ3v) is 4.10. The first-order chi connectivity index (χ1) is 11.7. The molecule has 2 N–H and O–H groups in total. The zero-order valence-corrected chi connectivity index (χ0v) is 13.0. The van der Waals surface area contributed by atoms with Gasteiger partial charge in [0, 0.05) is 11.6 Å². The highest BCUT2D eigenvalue weighted by molar-refractivity contribution is 6.03. The van der Waals surface area contributed by atoms with E-state index in [-0.39, 0.29) is 12.2 Å². The Hall–Kier alpha value is -3.12. The van der Waals surface area contributed by atoms with Gasteiger partial charge in [-0.3, -0.25) is 14.9 Å². The summed E-state index contributed by atoms with van der Waals surface area (Å²) in [5.74, 6) is 0.725. The average Bonchev–Trinajstić information content (AvgIpc) is 2.98. The lowest BCUT2D eigenvalue weighted by molar-refractivity contribution is 0.282. The molecule has 0 unspecified atom stereocenters. The number of aromatic nitrogens is 3. The van der Waals surface area contributed by atoms with Crippen molar-refractivity contribution in [2.45, 2.75) is 6.61 Å². The van der Waals surface area contributed by atoms with Crippen molar-refractivity contribution in [3.63, 3.8) is 0 Å². The molecule has 0 saturated carbocycles. The molecular weight excluding hydrogens is 306 g/mol. The number of pyridine rings is 1. The molecule has 4 rings (SSSR count). The molecule has 0 fully saturated rings. The fourth-order valence-corrected chi connectivity index (χ4v) is 2.82. The van der Waals surface area contributed by atoms with Crippen LogP contribution in [0.3, 0.4) is 0 Å². The summed E-state index contributed by atoms with van der Waals surface area (Å²) < 4.78 is 6.63. The van der Waals surface area contributed by atoms with Crippen LogP contribution in [-0.2, 0) is 6.61 Å². The highest BCUT2D eigenvalue weighted by Gasteiger charge is 2.12. The van der Waals surface area contributed by atoms with Gasteiger partial charge in [-0.2, -0.15) is 0 Å². The fraction of sp³-hybridized carbons (Fsp3) is 0.111. The first-order valence-electron chi connectivity index (χ1n) is 7.49. The molecule has 0 aliphatic rings. The van der Waals surface area contributed by atoms with Crippen LogP contribution in [0.25, 0.3) is 27.5 Å². The summed E-state index contributed by atoms with van der Waals surface area (Å²) in [6.07, 6.45) is 1.58. The maximum Gasteiger partial charge on any atom is 0.280 e. The van der Waals surface area contributed by atoms with Crippen molar-refractivity contribution >= 4 is 21.8 Å². The van der Waals surface area contributed by atoms with E-state index in [9.17, 15) is 9.90 Å². The van der Waals surface area contributed by atoms with Crippen LogP contribution < -0.4 is 10.3 Å². The standard InChI is InChI=1S/C18H15N3O3/c1-24-13-5-3-12(4-6-13)21-18(23)15-9-19-16-7-2-11(10-22)8-14(16)17(15)20-21/h2-9,20,22H,10H2,1H3. The van der Waals surface area contributed by atoms with Gasteiger partial charge < -0.3 is 9.84 Å². The van der Waals surface area contributed by atoms with Crippen molar-refractivity contribution < 1.29 is 9.84 Å². The minimum atomic E-state index is -0.168.